The summed E-state index contributed by atoms with van der Waals surface area (Å²) in [6.45, 7) is 5.44. The van der Waals surface area contributed by atoms with Crippen LogP contribution in [0.1, 0.15) is 52.4 Å². The second-order valence-corrected chi connectivity index (χ2v) is 5.76. The van der Waals surface area contributed by atoms with Crippen LogP contribution in [0.4, 0.5) is 0 Å². The summed E-state index contributed by atoms with van der Waals surface area (Å²) in [5.74, 6) is 0.204. The van der Waals surface area contributed by atoms with Gasteiger partial charge >= 0.3 is 0 Å². The molecule has 3 heteroatoms. The molecule has 0 aromatic carbocycles. The third-order valence-corrected chi connectivity index (χ3v) is 4.06. The summed E-state index contributed by atoms with van der Waals surface area (Å²) in [4.78, 5) is 10.1. The van der Waals surface area contributed by atoms with Crippen molar-refractivity contribution >= 4 is 21.1 Å². The van der Waals surface area contributed by atoms with Crippen LogP contribution in [0.15, 0.2) is 0 Å². The molecule has 87 valence electrons. The number of rotatable bonds is 6. The highest BCUT2D eigenvalue weighted by molar-refractivity contribution is 6.35. The molecule has 1 rings (SSSR count). The number of amides is 1. The molecule has 1 heterocycles. The lowest BCUT2D eigenvalue weighted by Crippen LogP contribution is -2.12. The zero-order valence-electron chi connectivity index (χ0n) is 10.3. The topological polar surface area (TPSA) is 29.1 Å². The van der Waals surface area contributed by atoms with Gasteiger partial charge < -0.3 is 5.32 Å². The Labute approximate surface area is 101 Å². The van der Waals surface area contributed by atoms with E-state index in [1.165, 1.54) is 36.2 Å². The smallest absolute Gasteiger partial charge is 0.220 e. The molecular weight excluding hydrogens is 201 g/mol. The van der Waals surface area contributed by atoms with Crippen LogP contribution in [0, 0.1) is 0 Å². The van der Waals surface area contributed by atoms with Crippen molar-refractivity contribution in [3.63, 3.8) is 0 Å². The van der Waals surface area contributed by atoms with E-state index < -0.39 is 0 Å². The lowest BCUT2D eigenvalue weighted by molar-refractivity contribution is -0.119. The van der Waals surface area contributed by atoms with Gasteiger partial charge in [-0.1, -0.05) is 39.5 Å². The van der Waals surface area contributed by atoms with Crippen LogP contribution in [-0.4, -0.2) is 27.7 Å². The van der Waals surface area contributed by atoms with E-state index in [4.69, 9.17) is 0 Å². The summed E-state index contributed by atoms with van der Waals surface area (Å²) in [7, 11) is 0. The zero-order chi connectivity index (χ0) is 11.4. The fraction of sp³-hybridized carbons (Fsp3) is 0.917. The SMILES string of the molecule is CCC[CH2][Al][CH2]CCC.O=C1CCCN1. The molecule has 0 unspecified atom stereocenters. The quantitative estimate of drug-likeness (QED) is 0.547. The highest BCUT2D eigenvalue weighted by Gasteiger charge is 2.05. The number of nitrogens with one attached hydrogen (secondary N) is 1. The summed E-state index contributed by atoms with van der Waals surface area (Å²) in [5.41, 5.74) is 0. The number of carbonyl (C=O) groups is 1. The fourth-order valence-electron chi connectivity index (χ4n) is 1.41. The van der Waals surface area contributed by atoms with Gasteiger partial charge in [-0.2, -0.15) is 0 Å². The van der Waals surface area contributed by atoms with Gasteiger partial charge in [0.25, 0.3) is 0 Å². The summed E-state index contributed by atoms with van der Waals surface area (Å²) in [6, 6.07) is 0. The summed E-state index contributed by atoms with van der Waals surface area (Å²) in [5, 5.41) is 5.76. The third kappa shape index (κ3) is 11.9. The Kier molecular flexibility index (Phi) is 12.1. The molecule has 15 heavy (non-hydrogen) atoms. The molecule has 1 N–H and O–H groups in total. The highest BCUT2D eigenvalue weighted by atomic mass is 27.1. The monoisotopic (exact) mass is 226 g/mol. The Morgan fingerprint density at radius 1 is 1.20 bits per heavy atom. The van der Waals surface area contributed by atoms with Crippen molar-refractivity contribution in [2.24, 2.45) is 0 Å². The minimum Gasteiger partial charge on any atom is -0.356 e. The van der Waals surface area contributed by atoms with E-state index in [1.807, 2.05) is 0 Å². The molecule has 1 aliphatic rings. The first kappa shape index (κ1) is 15.0. The molecule has 0 spiro atoms. The van der Waals surface area contributed by atoms with Crippen LogP contribution in [0.3, 0.4) is 0 Å². The molecule has 1 aliphatic heterocycles. The summed E-state index contributed by atoms with van der Waals surface area (Å²) < 4.78 is 0. The van der Waals surface area contributed by atoms with E-state index >= 15 is 0 Å². The first-order valence-corrected chi connectivity index (χ1v) is 8.02. The zero-order valence-corrected chi connectivity index (χ0v) is 11.5. The van der Waals surface area contributed by atoms with E-state index in [9.17, 15) is 4.79 Å². The van der Waals surface area contributed by atoms with Gasteiger partial charge in [-0.05, 0) is 6.42 Å². The average molecular weight is 226 g/mol. The maximum atomic E-state index is 10.1. The Hall–Kier alpha value is 0.00247. The van der Waals surface area contributed by atoms with E-state index in [2.05, 4.69) is 19.2 Å². The first-order valence-electron chi connectivity index (χ1n) is 6.39. The Morgan fingerprint density at radius 2 is 1.80 bits per heavy atom. The molecule has 1 radical (unpaired) electrons. The molecule has 0 aromatic heterocycles. The van der Waals surface area contributed by atoms with Crippen molar-refractivity contribution in [1.82, 2.24) is 5.32 Å². The molecule has 1 amide bonds. The van der Waals surface area contributed by atoms with Gasteiger partial charge in [0.15, 0.2) is 15.2 Å². The van der Waals surface area contributed by atoms with Crippen LogP contribution in [0.5, 0.6) is 0 Å². The van der Waals surface area contributed by atoms with Crippen LogP contribution in [-0.2, 0) is 4.79 Å². The molecule has 2 nitrogen and oxygen atoms in total. The average Bonchev–Trinajstić information content (AvgIpc) is 2.70. The lowest BCUT2D eigenvalue weighted by atomic mass is 10.4. The lowest BCUT2D eigenvalue weighted by Gasteiger charge is -1.93. The molecule has 1 fully saturated rings. The highest BCUT2D eigenvalue weighted by Crippen LogP contribution is 1.99. The Balaban J connectivity index is 0.000000280. The van der Waals surface area contributed by atoms with Crippen molar-refractivity contribution in [3.8, 4) is 0 Å². The van der Waals surface area contributed by atoms with E-state index in [-0.39, 0.29) is 5.91 Å². The molecule has 0 atom stereocenters. The molecule has 0 aliphatic carbocycles. The second kappa shape index (κ2) is 12.1. The van der Waals surface area contributed by atoms with Gasteiger partial charge in [-0.25, -0.2) is 0 Å². The number of hydrogen-bond donors (Lipinski definition) is 1. The number of unbranched alkanes of at least 4 members (excludes halogenated alkanes) is 2. The third-order valence-electron chi connectivity index (χ3n) is 2.43. The van der Waals surface area contributed by atoms with E-state index in [0.717, 1.165) is 34.6 Å². The minimum atomic E-state index is 0.204. The van der Waals surface area contributed by atoms with Gasteiger partial charge in [0.1, 0.15) is 0 Å². The molecule has 0 bridgehead atoms. The second-order valence-electron chi connectivity index (χ2n) is 4.03. The molecule has 1 saturated heterocycles. The van der Waals surface area contributed by atoms with Crippen molar-refractivity contribution in [2.45, 2.75) is 62.9 Å². The first-order chi connectivity index (χ1) is 7.31. The van der Waals surface area contributed by atoms with Gasteiger partial charge in [0, 0.05) is 13.0 Å². The van der Waals surface area contributed by atoms with Gasteiger partial charge in [-0.15, -0.1) is 10.6 Å². The summed E-state index contributed by atoms with van der Waals surface area (Å²) in [6.07, 6.45) is 7.48. The van der Waals surface area contributed by atoms with Crippen molar-refractivity contribution in [3.05, 3.63) is 0 Å². The van der Waals surface area contributed by atoms with E-state index in [0.29, 0.717) is 0 Å². The van der Waals surface area contributed by atoms with Gasteiger partial charge in [-0.3, -0.25) is 4.79 Å². The van der Waals surface area contributed by atoms with Crippen molar-refractivity contribution in [2.75, 3.05) is 6.54 Å². The fourth-order valence-corrected chi connectivity index (χ4v) is 3.09. The maximum absolute atomic E-state index is 10.1. The van der Waals surface area contributed by atoms with Crippen molar-refractivity contribution in [1.29, 1.82) is 0 Å². The van der Waals surface area contributed by atoms with Gasteiger partial charge in [0.2, 0.25) is 5.91 Å². The maximum Gasteiger partial charge on any atom is 0.220 e. The Bertz CT molecular complexity index is 137. The number of hydrogen-bond acceptors (Lipinski definition) is 1. The van der Waals surface area contributed by atoms with Crippen LogP contribution in [0.25, 0.3) is 0 Å². The molecule has 0 aromatic rings. The largest absolute Gasteiger partial charge is 0.356 e. The Morgan fingerprint density at radius 3 is 2.07 bits per heavy atom. The summed E-state index contributed by atoms with van der Waals surface area (Å²) >= 11 is 0.818. The standard InChI is InChI=1S/C4H7NO.2C4H9.Al/c6-4-2-1-3-5-4;2*1-3-4-2;/h1-3H2,(H,5,6);2*1,3-4H2,2H3;. The minimum absolute atomic E-state index is 0.204. The van der Waals surface area contributed by atoms with Crippen LogP contribution >= 0.6 is 0 Å². The molecular formula is C12H25AlNO. The predicted molar refractivity (Wildman–Crippen MR) is 67.4 cm³/mol. The molecule has 0 saturated carbocycles. The van der Waals surface area contributed by atoms with Gasteiger partial charge in [0.05, 0.1) is 0 Å². The van der Waals surface area contributed by atoms with Crippen LogP contribution < -0.4 is 5.32 Å². The predicted octanol–water partition coefficient (Wildman–Crippen LogP) is 3.02. The van der Waals surface area contributed by atoms with E-state index in [1.54, 1.807) is 0 Å². The van der Waals surface area contributed by atoms with Crippen molar-refractivity contribution < 1.29 is 4.79 Å². The van der Waals surface area contributed by atoms with Crippen LogP contribution in [0.2, 0.25) is 10.6 Å². The normalized spacial score (nSPS) is 14.1. The number of carbonyl (C=O) groups excluding carboxylic acids is 1.